The van der Waals surface area contributed by atoms with E-state index >= 15 is 0 Å². The monoisotopic (exact) mass is 449 g/mol. The summed E-state index contributed by atoms with van der Waals surface area (Å²) in [7, 11) is 1.46. The first kappa shape index (κ1) is 23.4. The number of aliphatic hydroxyl groups excluding tert-OH is 2. The van der Waals surface area contributed by atoms with Gasteiger partial charge in [0.2, 0.25) is 0 Å². The summed E-state index contributed by atoms with van der Waals surface area (Å²) in [6.45, 7) is 8.37. The Labute approximate surface area is 189 Å². The Bertz CT molecular complexity index is 895. The zero-order chi connectivity index (χ0) is 23.3. The number of ether oxygens (including phenoxy) is 2. The fraction of sp³-hybridized carbons (Fsp3) is 0.708. The molecule has 0 aromatic carbocycles. The van der Waals surface area contributed by atoms with Gasteiger partial charge < -0.3 is 33.8 Å². The number of carbonyl (C=O) groups is 1. The van der Waals surface area contributed by atoms with E-state index in [0.717, 1.165) is 49.4 Å². The predicted molar refractivity (Wildman–Crippen MR) is 117 cm³/mol. The van der Waals surface area contributed by atoms with E-state index in [0.29, 0.717) is 10.9 Å². The Hall–Kier alpha value is -1.71. The van der Waals surface area contributed by atoms with Crippen LogP contribution in [-0.4, -0.2) is 81.0 Å². The van der Waals surface area contributed by atoms with Gasteiger partial charge in [-0.05, 0) is 31.4 Å². The normalized spacial score (nSPS) is 31.9. The lowest BCUT2D eigenvalue weighted by Gasteiger charge is -2.37. The van der Waals surface area contributed by atoms with Crippen LogP contribution in [0.5, 0.6) is 0 Å². The molecule has 6 atom stereocenters. The molecule has 0 unspecified atom stereocenters. The van der Waals surface area contributed by atoms with Crippen LogP contribution in [0.25, 0.3) is 0 Å². The second-order valence-corrected chi connectivity index (χ2v) is 10.0. The number of rotatable bonds is 8. The van der Waals surface area contributed by atoms with Gasteiger partial charge in [-0.15, -0.1) is 0 Å². The molecule has 8 nitrogen and oxygen atoms in total. The molecule has 4 rings (SSSR count). The number of fused-ring (bicyclic) bond motifs is 2. The maximum Gasteiger partial charge on any atom is 0.341 e. The molecular formula is C24H37N2O6+. The van der Waals surface area contributed by atoms with Crippen LogP contribution >= 0.6 is 0 Å². The molecule has 0 saturated carbocycles. The molecule has 0 amide bonds. The van der Waals surface area contributed by atoms with Gasteiger partial charge in [0.15, 0.2) is 5.60 Å². The minimum absolute atomic E-state index is 0.0442. The first-order valence-corrected chi connectivity index (χ1v) is 11.6. The van der Waals surface area contributed by atoms with Gasteiger partial charge in [0, 0.05) is 37.4 Å². The molecule has 1 saturated heterocycles. The fourth-order valence-electron chi connectivity index (χ4n) is 5.98. The number of hydrogen-bond acceptors (Lipinski definition) is 6. The van der Waals surface area contributed by atoms with E-state index in [1.165, 1.54) is 7.11 Å². The molecule has 1 aromatic heterocycles. The van der Waals surface area contributed by atoms with Crippen LogP contribution < -0.4 is 0 Å². The number of carbonyl (C=O) groups excluding carboxylic acids is 1. The minimum atomic E-state index is -1.74. The third-order valence-electron chi connectivity index (χ3n) is 8.01. The van der Waals surface area contributed by atoms with Crippen LogP contribution in [0.2, 0.25) is 0 Å². The summed E-state index contributed by atoms with van der Waals surface area (Å²) in [4.78, 5) is 12.9. The summed E-state index contributed by atoms with van der Waals surface area (Å²) in [6.07, 6.45) is 3.89. The van der Waals surface area contributed by atoms with Crippen LogP contribution in [-0.2, 0) is 27.4 Å². The van der Waals surface area contributed by atoms with Gasteiger partial charge in [0.05, 0.1) is 31.0 Å². The molecule has 0 bridgehead atoms. The molecule has 3 N–H and O–H groups in total. The smallest absolute Gasteiger partial charge is 0.341 e. The van der Waals surface area contributed by atoms with Crippen molar-refractivity contribution >= 4 is 5.97 Å². The number of esters is 1. The van der Waals surface area contributed by atoms with Gasteiger partial charge in [-0.2, -0.15) is 0 Å². The quantitative estimate of drug-likeness (QED) is 0.314. The van der Waals surface area contributed by atoms with Gasteiger partial charge >= 0.3 is 5.97 Å². The van der Waals surface area contributed by atoms with E-state index in [9.17, 15) is 20.1 Å². The highest BCUT2D eigenvalue weighted by Gasteiger charge is 2.54. The number of aromatic nitrogens is 1. The summed E-state index contributed by atoms with van der Waals surface area (Å²) >= 11 is 0. The minimum Gasteiger partial charge on any atom is -0.459 e. The molecule has 0 spiro atoms. The average molecular weight is 450 g/mol. The molecule has 1 fully saturated rings. The summed E-state index contributed by atoms with van der Waals surface area (Å²) in [5.41, 5.74) is 1.28. The van der Waals surface area contributed by atoms with E-state index in [-0.39, 0.29) is 18.6 Å². The second kappa shape index (κ2) is 8.57. The molecule has 0 radical (unpaired) electrons. The molecule has 1 aromatic rings. The zero-order valence-corrected chi connectivity index (χ0v) is 19.5. The van der Waals surface area contributed by atoms with Gasteiger partial charge in [0.25, 0.3) is 0 Å². The van der Waals surface area contributed by atoms with E-state index < -0.39 is 29.9 Å². The molecule has 0 aliphatic carbocycles. The predicted octanol–water partition coefficient (Wildman–Crippen LogP) is 1.28. The highest BCUT2D eigenvalue weighted by Crippen LogP contribution is 2.41. The second-order valence-electron chi connectivity index (χ2n) is 10.0. The Morgan fingerprint density at radius 3 is 2.75 bits per heavy atom. The molecule has 8 heteroatoms. The van der Waals surface area contributed by atoms with E-state index in [2.05, 4.69) is 16.7 Å². The van der Waals surface area contributed by atoms with Gasteiger partial charge in [0.1, 0.15) is 25.3 Å². The zero-order valence-electron chi connectivity index (χ0n) is 19.5. The van der Waals surface area contributed by atoms with E-state index in [1.807, 2.05) is 6.20 Å². The van der Waals surface area contributed by atoms with Crippen LogP contribution in [0.15, 0.2) is 23.9 Å². The van der Waals surface area contributed by atoms with Crippen LogP contribution in [0.1, 0.15) is 51.0 Å². The van der Waals surface area contributed by atoms with Gasteiger partial charge in [-0.3, -0.25) is 0 Å². The topological polar surface area (TPSA) is 101 Å². The van der Waals surface area contributed by atoms with Crippen molar-refractivity contribution in [3.8, 4) is 0 Å². The van der Waals surface area contributed by atoms with Crippen molar-refractivity contribution in [1.29, 1.82) is 0 Å². The standard InChI is InChI=1S/C24H37N2O6/c1-15(2)24(30,16(3)31-4)23(29)32-14-18-7-11-26(12-8-20(28)22(18)26)13-17-5-9-25-10-6-19(27)21(17)25/h5,7,9,15-16,19-20,22,27-28,30H,6,8,10-14H2,1-4H3/q+1/t16-,19+,20+,22-,24-,26+/m1/s1. The third kappa shape index (κ3) is 3.62. The number of quaternary nitrogens is 1. The molecule has 3 aliphatic heterocycles. The first-order chi connectivity index (χ1) is 15.1. The van der Waals surface area contributed by atoms with Crippen molar-refractivity contribution in [2.24, 2.45) is 5.92 Å². The largest absolute Gasteiger partial charge is 0.459 e. The lowest BCUT2D eigenvalue weighted by atomic mass is 9.85. The highest BCUT2D eigenvalue weighted by molar-refractivity contribution is 5.80. The molecule has 4 heterocycles. The summed E-state index contributed by atoms with van der Waals surface area (Å²) in [6, 6.07) is 1.93. The van der Waals surface area contributed by atoms with Crippen molar-refractivity contribution in [1.82, 2.24) is 4.57 Å². The molecule has 178 valence electrons. The van der Waals surface area contributed by atoms with E-state index in [4.69, 9.17) is 9.47 Å². The van der Waals surface area contributed by atoms with Crippen LogP contribution in [0.3, 0.4) is 0 Å². The highest BCUT2D eigenvalue weighted by atomic mass is 16.6. The molecular weight excluding hydrogens is 412 g/mol. The van der Waals surface area contributed by atoms with Crippen molar-refractivity contribution in [2.75, 3.05) is 26.8 Å². The number of methoxy groups -OCH3 is 1. The van der Waals surface area contributed by atoms with Crippen molar-refractivity contribution in [2.45, 2.75) is 76.7 Å². The Morgan fingerprint density at radius 1 is 1.31 bits per heavy atom. The lowest BCUT2D eigenvalue weighted by molar-refractivity contribution is -0.938. The van der Waals surface area contributed by atoms with Crippen molar-refractivity contribution in [3.63, 3.8) is 0 Å². The van der Waals surface area contributed by atoms with Gasteiger partial charge in [-0.25, -0.2) is 4.79 Å². The fourth-order valence-corrected chi connectivity index (χ4v) is 5.98. The van der Waals surface area contributed by atoms with Crippen LogP contribution in [0.4, 0.5) is 0 Å². The maximum absolute atomic E-state index is 12.9. The lowest BCUT2D eigenvalue weighted by Crippen LogP contribution is -2.54. The summed E-state index contributed by atoms with van der Waals surface area (Å²) in [5.74, 6) is -1.08. The SMILES string of the molecule is CO[C@H](C)[C@@](O)(C(=O)OCC1=CC[N@@+]2(Cc3ccn4c3[C@@H](O)CC4)CC[C@H](O)[C@@H]12)C(C)C. The average Bonchev–Trinajstić information content (AvgIpc) is 3.50. The van der Waals surface area contributed by atoms with E-state index in [1.54, 1.807) is 20.8 Å². The number of aryl methyl sites for hydroxylation is 1. The Balaban J connectivity index is 1.49. The molecule has 3 aliphatic rings. The summed E-state index contributed by atoms with van der Waals surface area (Å²) in [5, 5.41) is 32.2. The number of hydrogen-bond donors (Lipinski definition) is 3. The Morgan fingerprint density at radius 2 is 2.06 bits per heavy atom. The number of nitrogens with zero attached hydrogens (tertiary/aromatic N) is 2. The van der Waals surface area contributed by atoms with Crippen molar-refractivity contribution < 1.29 is 34.1 Å². The van der Waals surface area contributed by atoms with Crippen molar-refractivity contribution in [3.05, 3.63) is 35.2 Å². The Kier molecular flexibility index (Phi) is 6.28. The van der Waals surface area contributed by atoms with Crippen LogP contribution in [0, 0.1) is 5.92 Å². The number of aliphatic hydroxyl groups is 3. The summed E-state index contributed by atoms with van der Waals surface area (Å²) < 4.78 is 13.6. The maximum atomic E-state index is 12.9. The first-order valence-electron chi connectivity index (χ1n) is 11.6. The van der Waals surface area contributed by atoms with Gasteiger partial charge in [-0.1, -0.05) is 13.8 Å². The third-order valence-corrected chi connectivity index (χ3v) is 8.01. The molecule has 32 heavy (non-hydrogen) atoms.